The fourth-order valence-electron chi connectivity index (χ4n) is 3.32. The smallest absolute Gasteiger partial charge is 0.325 e. The van der Waals surface area contributed by atoms with E-state index in [0.717, 1.165) is 10.5 Å². The van der Waals surface area contributed by atoms with Crippen LogP contribution in [0.25, 0.3) is 11.5 Å². The second kappa shape index (κ2) is 7.37. The fourth-order valence-corrected chi connectivity index (χ4v) is 3.32. The van der Waals surface area contributed by atoms with E-state index in [1.165, 1.54) is 6.26 Å². The van der Waals surface area contributed by atoms with E-state index in [1.807, 2.05) is 18.2 Å². The molecule has 0 saturated carbocycles. The van der Waals surface area contributed by atoms with Crippen molar-refractivity contribution in [1.29, 1.82) is 5.26 Å². The Balaban J connectivity index is 1.53. The van der Waals surface area contributed by atoms with Gasteiger partial charge in [0.15, 0.2) is 0 Å². The number of carbonyl (C=O) groups is 2. The topological polar surface area (TPSA) is 108 Å². The highest BCUT2D eigenvalue weighted by molar-refractivity contribution is 6.07. The van der Waals surface area contributed by atoms with E-state index in [9.17, 15) is 9.59 Å². The first-order chi connectivity index (χ1) is 14.4. The average molecular weight is 402 g/mol. The van der Waals surface area contributed by atoms with E-state index in [0.29, 0.717) is 28.5 Å². The average Bonchev–Trinajstić information content (AvgIpc) is 3.33. The Morgan fingerprint density at radius 3 is 2.50 bits per heavy atom. The number of ether oxygens (including phenoxy) is 1. The number of hydrogen-bond donors (Lipinski definition) is 1. The number of nitriles is 1. The number of urea groups is 1. The van der Waals surface area contributed by atoms with Gasteiger partial charge in [0.2, 0.25) is 5.89 Å². The normalized spacial score (nSPS) is 18.2. The molecule has 1 fully saturated rings. The van der Waals surface area contributed by atoms with Crippen molar-refractivity contribution in [2.75, 3.05) is 7.11 Å². The quantitative estimate of drug-likeness (QED) is 0.657. The molecule has 8 heteroatoms. The number of rotatable bonds is 5. The molecule has 150 valence electrons. The molecule has 1 aliphatic rings. The molecule has 0 aliphatic carbocycles. The Labute approximate surface area is 172 Å². The molecule has 8 nitrogen and oxygen atoms in total. The lowest BCUT2D eigenvalue weighted by molar-refractivity contribution is -0.131. The van der Waals surface area contributed by atoms with E-state index in [1.54, 1.807) is 50.4 Å². The van der Waals surface area contributed by atoms with Gasteiger partial charge in [-0.15, -0.1) is 0 Å². The molecule has 1 aliphatic heterocycles. The maximum absolute atomic E-state index is 13.0. The van der Waals surface area contributed by atoms with Crippen LogP contribution in [0, 0.1) is 11.3 Å². The molecule has 0 bridgehead atoms. The maximum Gasteiger partial charge on any atom is 0.325 e. The van der Waals surface area contributed by atoms with Crippen molar-refractivity contribution < 1.29 is 18.7 Å². The molecule has 1 unspecified atom stereocenters. The van der Waals surface area contributed by atoms with Crippen molar-refractivity contribution in [3.05, 3.63) is 71.6 Å². The van der Waals surface area contributed by atoms with Crippen LogP contribution in [0.1, 0.15) is 23.7 Å². The van der Waals surface area contributed by atoms with Crippen LogP contribution in [-0.4, -0.2) is 28.9 Å². The van der Waals surface area contributed by atoms with Crippen LogP contribution >= 0.6 is 0 Å². The number of oxazole rings is 1. The lowest BCUT2D eigenvalue weighted by Crippen LogP contribution is -2.40. The summed E-state index contributed by atoms with van der Waals surface area (Å²) in [6.45, 7) is 1.62. The number of benzene rings is 2. The van der Waals surface area contributed by atoms with Crippen LogP contribution in [0.2, 0.25) is 0 Å². The highest BCUT2D eigenvalue weighted by atomic mass is 16.5. The number of hydrogen-bond acceptors (Lipinski definition) is 6. The zero-order valence-corrected chi connectivity index (χ0v) is 16.4. The third kappa shape index (κ3) is 3.26. The third-order valence-corrected chi connectivity index (χ3v) is 5.08. The summed E-state index contributed by atoms with van der Waals surface area (Å²) in [6, 6.07) is 15.3. The van der Waals surface area contributed by atoms with Crippen LogP contribution in [0.4, 0.5) is 4.79 Å². The molecule has 2 aromatic carbocycles. The monoisotopic (exact) mass is 402 g/mol. The number of nitrogens with one attached hydrogen (secondary N) is 1. The number of imide groups is 1. The molecule has 3 amide bonds. The van der Waals surface area contributed by atoms with Gasteiger partial charge >= 0.3 is 6.03 Å². The first kappa shape index (κ1) is 19.2. The van der Waals surface area contributed by atoms with Gasteiger partial charge in [-0.3, -0.25) is 9.69 Å². The molecular formula is C22H18N4O4. The molecule has 1 saturated heterocycles. The Bertz CT molecular complexity index is 1150. The summed E-state index contributed by atoms with van der Waals surface area (Å²) in [5.41, 5.74) is 1.06. The van der Waals surface area contributed by atoms with Crippen molar-refractivity contribution >= 4 is 11.9 Å². The van der Waals surface area contributed by atoms with E-state index in [2.05, 4.69) is 10.3 Å². The summed E-state index contributed by atoms with van der Waals surface area (Å²) >= 11 is 0. The van der Waals surface area contributed by atoms with E-state index in [-0.39, 0.29) is 6.54 Å². The predicted octanol–water partition coefficient (Wildman–Crippen LogP) is 3.19. The Morgan fingerprint density at radius 2 is 1.87 bits per heavy atom. The van der Waals surface area contributed by atoms with Crippen LogP contribution in [-0.2, 0) is 16.9 Å². The van der Waals surface area contributed by atoms with Crippen molar-refractivity contribution in [1.82, 2.24) is 15.2 Å². The highest BCUT2D eigenvalue weighted by Gasteiger charge is 2.49. The maximum atomic E-state index is 13.0. The van der Waals surface area contributed by atoms with Gasteiger partial charge < -0.3 is 14.5 Å². The van der Waals surface area contributed by atoms with Gasteiger partial charge in [0, 0.05) is 5.56 Å². The molecule has 4 rings (SSSR count). The van der Waals surface area contributed by atoms with E-state index < -0.39 is 17.5 Å². The molecule has 1 aromatic heterocycles. The SMILES string of the molecule is COc1ccc(-c2nc(CN3C(=O)NC(C)(c4ccc(C#N)cc4)C3=O)co2)cc1. The zero-order chi connectivity index (χ0) is 21.3. The molecule has 1 N–H and O–H groups in total. The standard InChI is InChI=1S/C22H18N4O4/c1-22(16-7-3-14(11-23)4-8-16)20(27)26(21(28)25-22)12-17-13-30-19(24-17)15-5-9-18(29-2)10-6-15/h3-10,13H,12H2,1-2H3,(H,25,28). The van der Waals surface area contributed by atoms with Crippen LogP contribution in [0.3, 0.4) is 0 Å². The largest absolute Gasteiger partial charge is 0.497 e. The van der Waals surface area contributed by atoms with Crippen LogP contribution in [0.15, 0.2) is 59.2 Å². The number of methoxy groups -OCH3 is 1. The zero-order valence-electron chi connectivity index (χ0n) is 16.4. The van der Waals surface area contributed by atoms with Crippen molar-refractivity contribution in [3.63, 3.8) is 0 Å². The number of aromatic nitrogens is 1. The Kier molecular flexibility index (Phi) is 4.72. The van der Waals surface area contributed by atoms with Crippen LogP contribution < -0.4 is 10.1 Å². The number of amides is 3. The van der Waals surface area contributed by atoms with Crippen molar-refractivity contribution in [2.45, 2.75) is 19.0 Å². The third-order valence-electron chi connectivity index (χ3n) is 5.08. The molecule has 0 radical (unpaired) electrons. The predicted molar refractivity (Wildman–Crippen MR) is 106 cm³/mol. The second-order valence-electron chi connectivity index (χ2n) is 7.01. The summed E-state index contributed by atoms with van der Waals surface area (Å²) in [7, 11) is 1.59. The minimum atomic E-state index is -1.21. The van der Waals surface area contributed by atoms with Gasteiger partial charge in [-0.1, -0.05) is 12.1 Å². The van der Waals surface area contributed by atoms with Gasteiger partial charge in [0.05, 0.1) is 31.0 Å². The molecule has 1 atom stereocenters. The number of nitrogens with zero attached hydrogens (tertiary/aromatic N) is 3. The van der Waals surface area contributed by atoms with Gasteiger partial charge in [-0.25, -0.2) is 9.78 Å². The molecule has 2 heterocycles. The minimum absolute atomic E-state index is 0.0177. The highest BCUT2D eigenvalue weighted by Crippen LogP contribution is 2.30. The Morgan fingerprint density at radius 1 is 1.17 bits per heavy atom. The summed E-state index contributed by atoms with van der Waals surface area (Å²) in [5, 5.41) is 11.7. The number of carbonyl (C=O) groups excluding carboxylic acids is 2. The minimum Gasteiger partial charge on any atom is -0.497 e. The molecule has 30 heavy (non-hydrogen) atoms. The van der Waals surface area contributed by atoms with Gasteiger partial charge in [-0.2, -0.15) is 5.26 Å². The lowest BCUT2D eigenvalue weighted by atomic mass is 9.91. The molecule has 3 aromatic rings. The lowest BCUT2D eigenvalue weighted by Gasteiger charge is -2.22. The van der Waals surface area contributed by atoms with Gasteiger partial charge in [-0.05, 0) is 48.9 Å². The van der Waals surface area contributed by atoms with Crippen molar-refractivity contribution in [3.8, 4) is 23.3 Å². The van der Waals surface area contributed by atoms with E-state index >= 15 is 0 Å². The van der Waals surface area contributed by atoms with Crippen molar-refractivity contribution in [2.24, 2.45) is 0 Å². The summed E-state index contributed by atoms with van der Waals surface area (Å²) in [4.78, 5) is 31.1. The molecule has 0 spiro atoms. The molecular weight excluding hydrogens is 384 g/mol. The summed E-state index contributed by atoms with van der Waals surface area (Å²) in [5.74, 6) is 0.702. The van der Waals surface area contributed by atoms with E-state index in [4.69, 9.17) is 14.4 Å². The fraction of sp³-hybridized carbons (Fsp3) is 0.182. The summed E-state index contributed by atoms with van der Waals surface area (Å²) in [6.07, 6.45) is 1.43. The van der Waals surface area contributed by atoms with Crippen LogP contribution in [0.5, 0.6) is 5.75 Å². The second-order valence-corrected chi connectivity index (χ2v) is 7.01. The summed E-state index contributed by atoms with van der Waals surface area (Å²) < 4.78 is 10.7. The van der Waals surface area contributed by atoms with Gasteiger partial charge in [0.25, 0.3) is 5.91 Å². The first-order valence-electron chi connectivity index (χ1n) is 9.18. The Hall–Kier alpha value is -4.12. The van der Waals surface area contributed by atoms with Gasteiger partial charge in [0.1, 0.15) is 17.6 Å². The first-order valence-corrected chi connectivity index (χ1v) is 9.18.